The van der Waals surface area contributed by atoms with Crippen molar-refractivity contribution in [3.05, 3.63) is 35.4 Å². The van der Waals surface area contributed by atoms with Crippen LogP contribution in [0.5, 0.6) is 0 Å². The zero-order valence-electron chi connectivity index (χ0n) is 12.7. The van der Waals surface area contributed by atoms with Crippen LogP contribution in [0.15, 0.2) is 24.3 Å². The number of amides is 1. The Balaban J connectivity index is 1.31. The topological polar surface area (TPSA) is 56.1 Å². The number of hydrogen-bond donors (Lipinski definition) is 1. The normalized spacial score (nSPS) is 27.1. The third-order valence-corrected chi connectivity index (χ3v) is 5.09. The molecule has 3 aliphatic rings. The molecular weight excluding hydrogens is 274 g/mol. The average Bonchev–Trinajstić information content (AvgIpc) is 3.38. The van der Waals surface area contributed by atoms with Crippen molar-refractivity contribution in [2.75, 3.05) is 19.6 Å². The molecule has 0 aromatic heterocycles. The van der Waals surface area contributed by atoms with Gasteiger partial charge in [0.25, 0.3) is 5.91 Å². The van der Waals surface area contributed by atoms with E-state index in [-0.39, 0.29) is 11.8 Å². The molecule has 0 spiro atoms. The SMILES string of the molecule is N#CC1CN(C(=O)c2ccc([C@@H]3C[C@H]3NCC3CC3)cc2)C1. The van der Waals surface area contributed by atoms with Crippen molar-refractivity contribution < 1.29 is 4.79 Å². The molecule has 1 amide bonds. The molecule has 0 unspecified atom stereocenters. The average molecular weight is 295 g/mol. The summed E-state index contributed by atoms with van der Waals surface area (Å²) in [5, 5.41) is 12.4. The Morgan fingerprint density at radius 3 is 2.64 bits per heavy atom. The molecule has 22 heavy (non-hydrogen) atoms. The van der Waals surface area contributed by atoms with E-state index in [1.807, 2.05) is 12.1 Å². The van der Waals surface area contributed by atoms with E-state index in [1.165, 1.54) is 31.4 Å². The van der Waals surface area contributed by atoms with Gasteiger partial charge in [0.2, 0.25) is 0 Å². The second-order valence-electron chi connectivity index (χ2n) is 6.96. The van der Waals surface area contributed by atoms with Crippen molar-refractivity contribution in [2.45, 2.75) is 31.2 Å². The van der Waals surface area contributed by atoms with E-state index in [1.54, 1.807) is 4.90 Å². The number of nitriles is 1. The van der Waals surface area contributed by atoms with E-state index in [2.05, 4.69) is 23.5 Å². The largest absolute Gasteiger partial charge is 0.336 e. The fraction of sp³-hybridized carbons (Fsp3) is 0.556. The van der Waals surface area contributed by atoms with Gasteiger partial charge >= 0.3 is 0 Å². The van der Waals surface area contributed by atoms with Crippen molar-refractivity contribution in [1.82, 2.24) is 10.2 Å². The molecule has 1 aliphatic heterocycles. The van der Waals surface area contributed by atoms with Crippen LogP contribution in [0.3, 0.4) is 0 Å². The number of carbonyl (C=O) groups excluding carboxylic acids is 1. The summed E-state index contributed by atoms with van der Waals surface area (Å²) in [5.74, 6) is 1.62. The third-order valence-electron chi connectivity index (χ3n) is 5.09. The van der Waals surface area contributed by atoms with Crippen molar-refractivity contribution in [2.24, 2.45) is 11.8 Å². The minimum atomic E-state index is 0.0213. The van der Waals surface area contributed by atoms with E-state index in [0.29, 0.717) is 25.0 Å². The van der Waals surface area contributed by atoms with Crippen LogP contribution in [0.25, 0.3) is 0 Å². The van der Waals surface area contributed by atoms with Gasteiger partial charge in [0, 0.05) is 30.6 Å². The summed E-state index contributed by atoms with van der Waals surface area (Å²) in [6.07, 6.45) is 4.00. The first-order valence-corrected chi connectivity index (χ1v) is 8.27. The lowest BCUT2D eigenvalue weighted by Crippen LogP contribution is -2.49. The summed E-state index contributed by atoms with van der Waals surface area (Å²) in [7, 11) is 0. The quantitative estimate of drug-likeness (QED) is 0.905. The smallest absolute Gasteiger partial charge is 0.253 e. The summed E-state index contributed by atoms with van der Waals surface area (Å²) >= 11 is 0. The number of carbonyl (C=O) groups is 1. The van der Waals surface area contributed by atoms with E-state index < -0.39 is 0 Å². The maximum Gasteiger partial charge on any atom is 0.253 e. The molecule has 1 heterocycles. The highest BCUT2D eigenvalue weighted by Gasteiger charge is 2.39. The first kappa shape index (κ1) is 13.8. The van der Waals surface area contributed by atoms with Gasteiger partial charge in [0.15, 0.2) is 0 Å². The first-order valence-electron chi connectivity index (χ1n) is 8.27. The number of benzene rings is 1. The molecule has 1 saturated heterocycles. The molecule has 4 nitrogen and oxygen atoms in total. The van der Waals surface area contributed by atoms with Gasteiger partial charge < -0.3 is 10.2 Å². The summed E-state index contributed by atoms with van der Waals surface area (Å²) < 4.78 is 0. The molecular formula is C18H21N3O. The van der Waals surface area contributed by atoms with Crippen LogP contribution in [0.1, 0.15) is 41.1 Å². The summed E-state index contributed by atoms with van der Waals surface area (Å²) in [6, 6.07) is 10.9. The van der Waals surface area contributed by atoms with Crippen LogP contribution in [-0.4, -0.2) is 36.5 Å². The lowest BCUT2D eigenvalue weighted by molar-refractivity contribution is 0.0577. The lowest BCUT2D eigenvalue weighted by Gasteiger charge is -2.35. The molecule has 0 radical (unpaired) electrons. The second-order valence-corrected chi connectivity index (χ2v) is 6.96. The minimum Gasteiger partial charge on any atom is -0.336 e. The van der Waals surface area contributed by atoms with E-state index in [4.69, 9.17) is 5.26 Å². The van der Waals surface area contributed by atoms with Crippen molar-refractivity contribution in [3.63, 3.8) is 0 Å². The minimum absolute atomic E-state index is 0.0213. The molecule has 114 valence electrons. The van der Waals surface area contributed by atoms with Gasteiger partial charge in [-0.3, -0.25) is 4.79 Å². The standard InChI is InChI=1S/C18H21N3O/c19-8-13-10-21(11-13)18(22)15-5-3-14(4-6-15)16-7-17(16)20-9-12-1-2-12/h3-6,12-13,16-17,20H,1-2,7,9-11H2/t16-,17+/m0/s1. The monoisotopic (exact) mass is 295 g/mol. The number of nitrogens with zero attached hydrogens (tertiary/aromatic N) is 2. The molecule has 3 fully saturated rings. The van der Waals surface area contributed by atoms with E-state index >= 15 is 0 Å². The van der Waals surface area contributed by atoms with Crippen LogP contribution in [0.2, 0.25) is 0 Å². The van der Waals surface area contributed by atoms with Crippen molar-refractivity contribution >= 4 is 5.91 Å². The van der Waals surface area contributed by atoms with Gasteiger partial charge in [-0.05, 0) is 49.4 Å². The molecule has 2 atom stereocenters. The molecule has 1 aromatic carbocycles. The van der Waals surface area contributed by atoms with Gasteiger partial charge in [-0.15, -0.1) is 0 Å². The summed E-state index contributed by atoms with van der Waals surface area (Å²) in [5.41, 5.74) is 2.08. The van der Waals surface area contributed by atoms with E-state index in [9.17, 15) is 4.79 Å². The maximum absolute atomic E-state index is 12.2. The number of rotatable bonds is 5. The predicted molar refractivity (Wildman–Crippen MR) is 83.3 cm³/mol. The fourth-order valence-corrected chi connectivity index (χ4v) is 3.21. The third kappa shape index (κ3) is 2.74. The maximum atomic E-state index is 12.2. The van der Waals surface area contributed by atoms with Gasteiger partial charge in [0.1, 0.15) is 0 Å². The number of nitrogens with one attached hydrogen (secondary N) is 1. The van der Waals surface area contributed by atoms with Crippen molar-refractivity contribution in [1.29, 1.82) is 5.26 Å². The molecule has 4 heteroatoms. The molecule has 2 saturated carbocycles. The summed E-state index contributed by atoms with van der Waals surface area (Å²) in [4.78, 5) is 14.0. The molecule has 4 rings (SSSR count). The summed E-state index contributed by atoms with van der Waals surface area (Å²) in [6.45, 7) is 2.33. The Hall–Kier alpha value is -1.86. The Morgan fingerprint density at radius 1 is 1.27 bits per heavy atom. The van der Waals surface area contributed by atoms with Crippen molar-refractivity contribution in [3.8, 4) is 6.07 Å². The van der Waals surface area contributed by atoms with Crippen LogP contribution in [-0.2, 0) is 0 Å². The molecule has 0 bridgehead atoms. The highest BCUT2D eigenvalue weighted by Crippen LogP contribution is 2.41. The number of likely N-dealkylation sites (tertiary alicyclic amines) is 1. The lowest BCUT2D eigenvalue weighted by atomic mass is 10.00. The van der Waals surface area contributed by atoms with Crippen LogP contribution in [0.4, 0.5) is 0 Å². The zero-order chi connectivity index (χ0) is 15.1. The first-order chi connectivity index (χ1) is 10.7. The number of hydrogen-bond acceptors (Lipinski definition) is 3. The van der Waals surface area contributed by atoms with Crippen LogP contribution >= 0.6 is 0 Å². The molecule has 1 N–H and O–H groups in total. The van der Waals surface area contributed by atoms with Gasteiger partial charge in [-0.25, -0.2) is 0 Å². The van der Waals surface area contributed by atoms with Crippen LogP contribution in [0, 0.1) is 23.2 Å². The molecule has 1 aromatic rings. The molecule has 2 aliphatic carbocycles. The van der Waals surface area contributed by atoms with E-state index in [0.717, 1.165) is 11.5 Å². The van der Waals surface area contributed by atoms with Gasteiger partial charge in [-0.2, -0.15) is 5.26 Å². The highest BCUT2D eigenvalue weighted by atomic mass is 16.2. The highest BCUT2D eigenvalue weighted by molar-refractivity contribution is 5.94. The Labute approximate surface area is 131 Å². The second kappa shape index (κ2) is 5.40. The predicted octanol–water partition coefficient (Wildman–Crippen LogP) is 2.14. The Bertz CT molecular complexity index is 608. The van der Waals surface area contributed by atoms with Gasteiger partial charge in [-0.1, -0.05) is 12.1 Å². The van der Waals surface area contributed by atoms with Gasteiger partial charge in [0.05, 0.1) is 12.0 Å². The Kier molecular flexibility index (Phi) is 3.38. The zero-order valence-corrected chi connectivity index (χ0v) is 12.7. The van der Waals surface area contributed by atoms with Crippen LogP contribution < -0.4 is 5.32 Å². The fourth-order valence-electron chi connectivity index (χ4n) is 3.21. The Morgan fingerprint density at radius 2 is 2.00 bits per heavy atom.